The molecule has 0 saturated heterocycles. The predicted molar refractivity (Wildman–Crippen MR) is 86.3 cm³/mol. The van der Waals surface area contributed by atoms with Crippen molar-refractivity contribution in [3.8, 4) is 0 Å². The third-order valence-electron chi connectivity index (χ3n) is 3.37. The van der Waals surface area contributed by atoms with Gasteiger partial charge >= 0.3 is 0 Å². The maximum absolute atomic E-state index is 12.6. The van der Waals surface area contributed by atoms with Crippen molar-refractivity contribution in [1.82, 2.24) is 9.97 Å². The summed E-state index contributed by atoms with van der Waals surface area (Å²) in [6.07, 6.45) is 3.02. The van der Waals surface area contributed by atoms with Crippen molar-refractivity contribution >= 4 is 26.6 Å². The number of rotatable bonds is 3. The number of hydrogen-bond acceptors (Lipinski definition) is 4. The van der Waals surface area contributed by atoms with Gasteiger partial charge in [-0.05, 0) is 37.6 Å². The SMILES string of the molecule is Cc1cc(C)c(S(=O)(=O)Nc2cccc3cccnc23)cn1. The first-order chi connectivity index (χ1) is 10.5. The summed E-state index contributed by atoms with van der Waals surface area (Å²) in [6, 6.07) is 10.8. The fourth-order valence-electron chi connectivity index (χ4n) is 2.35. The average molecular weight is 313 g/mol. The summed E-state index contributed by atoms with van der Waals surface area (Å²) in [6.45, 7) is 3.58. The molecule has 0 aliphatic carbocycles. The summed E-state index contributed by atoms with van der Waals surface area (Å²) in [7, 11) is -3.70. The van der Waals surface area contributed by atoms with E-state index in [1.165, 1.54) is 6.20 Å². The molecular formula is C16H15N3O2S. The van der Waals surface area contributed by atoms with E-state index in [-0.39, 0.29) is 4.90 Å². The molecule has 3 rings (SSSR count). The minimum Gasteiger partial charge on any atom is -0.277 e. The van der Waals surface area contributed by atoms with Gasteiger partial charge in [0.05, 0.1) is 11.2 Å². The monoisotopic (exact) mass is 313 g/mol. The molecule has 0 unspecified atom stereocenters. The Morgan fingerprint density at radius 2 is 1.82 bits per heavy atom. The molecule has 1 N–H and O–H groups in total. The quantitative estimate of drug-likeness (QED) is 0.806. The van der Waals surface area contributed by atoms with Crippen LogP contribution < -0.4 is 4.72 Å². The van der Waals surface area contributed by atoms with Crippen molar-refractivity contribution in [3.05, 3.63) is 60.0 Å². The van der Waals surface area contributed by atoms with Gasteiger partial charge in [0.2, 0.25) is 0 Å². The molecule has 5 nitrogen and oxygen atoms in total. The van der Waals surface area contributed by atoms with Crippen LogP contribution in [0.25, 0.3) is 10.9 Å². The molecule has 22 heavy (non-hydrogen) atoms. The fraction of sp³-hybridized carbons (Fsp3) is 0.125. The molecule has 0 saturated carbocycles. The maximum Gasteiger partial charge on any atom is 0.263 e. The number of benzene rings is 1. The average Bonchev–Trinajstić information content (AvgIpc) is 2.47. The minimum atomic E-state index is -3.70. The van der Waals surface area contributed by atoms with Crippen LogP contribution in [0, 0.1) is 13.8 Å². The molecule has 0 amide bonds. The van der Waals surface area contributed by atoms with Crippen molar-refractivity contribution in [2.24, 2.45) is 0 Å². The molecule has 0 atom stereocenters. The molecule has 0 radical (unpaired) electrons. The van der Waals surface area contributed by atoms with Crippen LogP contribution in [0.15, 0.2) is 53.7 Å². The Hall–Kier alpha value is -2.47. The fourth-order valence-corrected chi connectivity index (χ4v) is 3.59. The minimum absolute atomic E-state index is 0.172. The molecule has 112 valence electrons. The Morgan fingerprint density at radius 1 is 1.05 bits per heavy atom. The lowest BCUT2D eigenvalue weighted by atomic mass is 10.2. The first-order valence-electron chi connectivity index (χ1n) is 6.77. The van der Waals surface area contributed by atoms with Crippen molar-refractivity contribution in [3.63, 3.8) is 0 Å². The number of aromatic nitrogens is 2. The number of aryl methyl sites for hydroxylation is 2. The summed E-state index contributed by atoms with van der Waals surface area (Å²) < 4.78 is 27.8. The van der Waals surface area contributed by atoms with Crippen LogP contribution >= 0.6 is 0 Å². The van der Waals surface area contributed by atoms with Crippen LogP contribution in [0.3, 0.4) is 0 Å². The van der Waals surface area contributed by atoms with E-state index in [4.69, 9.17) is 0 Å². The lowest BCUT2D eigenvalue weighted by Crippen LogP contribution is -2.15. The van der Waals surface area contributed by atoms with Crippen molar-refractivity contribution in [2.45, 2.75) is 18.7 Å². The molecular weight excluding hydrogens is 298 g/mol. The molecule has 0 fully saturated rings. The van der Waals surface area contributed by atoms with Gasteiger partial charge in [-0.25, -0.2) is 8.42 Å². The van der Waals surface area contributed by atoms with E-state index in [0.717, 1.165) is 11.1 Å². The van der Waals surface area contributed by atoms with E-state index in [1.54, 1.807) is 31.3 Å². The summed E-state index contributed by atoms with van der Waals surface area (Å²) >= 11 is 0. The number of fused-ring (bicyclic) bond motifs is 1. The molecule has 1 aromatic carbocycles. The van der Waals surface area contributed by atoms with Crippen molar-refractivity contribution in [2.75, 3.05) is 4.72 Å². The Bertz CT molecular complexity index is 947. The lowest BCUT2D eigenvalue weighted by molar-refractivity contribution is 0.600. The highest BCUT2D eigenvalue weighted by atomic mass is 32.2. The third kappa shape index (κ3) is 2.65. The normalized spacial score (nSPS) is 11.5. The second-order valence-corrected chi connectivity index (χ2v) is 6.73. The molecule has 0 aliphatic heterocycles. The number of pyridine rings is 2. The number of para-hydroxylation sites is 1. The van der Waals surface area contributed by atoms with E-state index in [9.17, 15) is 8.42 Å². The first-order valence-corrected chi connectivity index (χ1v) is 8.25. The zero-order valence-corrected chi connectivity index (χ0v) is 13.1. The van der Waals surface area contributed by atoms with E-state index in [0.29, 0.717) is 16.8 Å². The summed E-state index contributed by atoms with van der Waals surface area (Å²) in [4.78, 5) is 8.50. The second-order valence-electron chi connectivity index (χ2n) is 5.08. The highest BCUT2D eigenvalue weighted by Crippen LogP contribution is 2.24. The van der Waals surface area contributed by atoms with Crippen molar-refractivity contribution in [1.29, 1.82) is 0 Å². The standard InChI is InChI=1S/C16H15N3O2S/c1-11-9-12(2)18-10-15(11)22(20,21)19-14-7-3-5-13-6-4-8-17-16(13)14/h3-10,19H,1-2H3. The highest BCUT2D eigenvalue weighted by Gasteiger charge is 2.18. The van der Waals surface area contributed by atoms with E-state index in [2.05, 4.69) is 14.7 Å². The van der Waals surface area contributed by atoms with E-state index < -0.39 is 10.0 Å². The summed E-state index contributed by atoms with van der Waals surface area (Å²) in [5.74, 6) is 0. The number of sulfonamides is 1. The topological polar surface area (TPSA) is 72.0 Å². The number of nitrogens with zero attached hydrogens (tertiary/aromatic N) is 2. The number of nitrogens with one attached hydrogen (secondary N) is 1. The molecule has 3 aromatic rings. The van der Waals surface area contributed by atoms with Gasteiger partial charge in [0, 0.05) is 23.5 Å². The van der Waals surface area contributed by atoms with Gasteiger partial charge in [0.1, 0.15) is 4.90 Å². The number of hydrogen-bond donors (Lipinski definition) is 1. The highest BCUT2D eigenvalue weighted by molar-refractivity contribution is 7.92. The molecule has 0 aliphatic rings. The van der Waals surface area contributed by atoms with E-state index >= 15 is 0 Å². The van der Waals surface area contributed by atoms with Gasteiger partial charge < -0.3 is 0 Å². The molecule has 6 heteroatoms. The van der Waals surface area contributed by atoms with Crippen LogP contribution in [0.5, 0.6) is 0 Å². The Morgan fingerprint density at radius 3 is 2.59 bits per heavy atom. The van der Waals surface area contributed by atoms with Crippen LogP contribution in [0.1, 0.15) is 11.3 Å². The van der Waals surface area contributed by atoms with Gasteiger partial charge in [-0.15, -0.1) is 0 Å². The van der Waals surface area contributed by atoms with Crippen LogP contribution in [0.4, 0.5) is 5.69 Å². The summed E-state index contributed by atoms with van der Waals surface area (Å²) in [5.41, 5.74) is 2.51. The Labute approximate surface area is 129 Å². The molecule has 2 aromatic heterocycles. The Kier molecular flexibility index (Phi) is 3.54. The smallest absolute Gasteiger partial charge is 0.263 e. The lowest BCUT2D eigenvalue weighted by Gasteiger charge is -2.11. The first kappa shape index (κ1) is 14.5. The zero-order chi connectivity index (χ0) is 15.7. The summed E-state index contributed by atoms with van der Waals surface area (Å²) in [5, 5.41) is 0.876. The van der Waals surface area contributed by atoms with Crippen LogP contribution in [0.2, 0.25) is 0 Å². The zero-order valence-electron chi connectivity index (χ0n) is 12.2. The predicted octanol–water partition coefficient (Wildman–Crippen LogP) is 3.05. The van der Waals surface area contributed by atoms with Crippen LogP contribution in [-0.4, -0.2) is 18.4 Å². The second kappa shape index (κ2) is 5.38. The van der Waals surface area contributed by atoms with Crippen LogP contribution in [-0.2, 0) is 10.0 Å². The maximum atomic E-state index is 12.6. The largest absolute Gasteiger partial charge is 0.277 e. The molecule has 2 heterocycles. The molecule has 0 bridgehead atoms. The third-order valence-corrected chi connectivity index (χ3v) is 4.86. The van der Waals surface area contributed by atoms with Gasteiger partial charge in [0.15, 0.2) is 0 Å². The van der Waals surface area contributed by atoms with Gasteiger partial charge in [0.25, 0.3) is 10.0 Å². The Balaban J connectivity index is 2.07. The van der Waals surface area contributed by atoms with E-state index in [1.807, 2.05) is 25.1 Å². The van der Waals surface area contributed by atoms with Gasteiger partial charge in [-0.2, -0.15) is 0 Å². The number of anilines is 1. The van der Waals surface area contributed by atoms with Gasteiger partial charge in [-0.3, -0.25) is 14.7 Å². The van der Waals surface area contributed by atoms with Crippen molar-refractivity contribution < 1.29 is 8.42 Å². The van der Waals surface area contributed by atoms with Gasteiger partial charge in [-0.1, -0.05) is 18.2 Å². The molecule has 0 spiro atoms.